The third kappa shape index (κ3) is 2.04. The van der Waals surface area contributed by atoms with Crippen LogP contribution in [-0.4, -0.2) is 15.9 Å². The lowest BCUT2D eigenvalue weighted by Crippen LogP contribution is -2.08. The number of carbonyl (C=O) groups excluding carboxylic acids is 1. The number of nitrogens with zero attached hydrogens (tertiary/aromatic N) is 3. The van der Waals surface area contributed by atoms with Gasteiger partial charge >= 0.3 is 0 Å². The molecule has 0 aliphatic heterocycles. The molecule has 1 aromatic rings. The van der Waals surface area contributed by atoms with Crippen molar-refractivity contribution in [2.75, 3.05) is 0 Å². The van der Waals surface area contributed by atoms with Crippen LogP contribution in [0.15, 0.2) is 17.3 Å². The minimum Gasteiger partial charge on any atom is -0.265 e. The maximum absolute atomic E-state index is 10.1. The van der Waals surface area contributed by atoms with Gasteiger partial charge in [-0.3, -0.25) is 4.68 Å². The highest BCUT2D eigenvalue weighted by molar-refractivity contribution is 5.34. The number of hydrogen-bond acceptors (Lipinski definition) is 3. The van der Waals surface area contributed by atoms with Gasteiger partial charge in [-0.25, -0.2) is 4.79 Å². The lowest BCUT2D eigenvalue weighted by atomic mass is 10.2. The number of hydrogen-bond donors (Lipinski definition) is 0. The van der Waals surface area contributed by atoms with Crippen molar-refractivity contribution in [2.24, 2.45) is 4.99 Å². The maximum atomic E-state index is 10.1. The molecule has 0 radical (unpaired) electrons. The van der Waals surface area contributed by atoms with E-state index in [1.165, 1.54) is 0 Å². The predicted octanol–water partition coefficient (Wildman–Crippen LogP) is 1.86. The molecule has 0 bridgehead atoms. The Morgan fingerprint density at radius 3 is 2.77 bits per heavy atom. The summed E-state index contributed by atoms with van der Waals surface area (Å²) in [5.74, 6) is 0. The van der Waals surface area contributed by atoms with E-state index < -0.39 is 0 Å². The zero-order valence-corrected chi connectivity index (χ0v) is 8.06. The summed E-state index contributed by atoms with van der Waals surface area (Å²) in [6, 6.07) is 1.99. The third-order valence-corrected chi connectivity index (χ3v) is 1.86. The van der Waals surface area contributed by atoms with Gasteiger partial charge in [0, 0.05) is 12.2 Å². The monoisotopic (exact) mass is 179 g/mol. The van der Waals surface area contributed by atoms with E-state index in [0.29, 0.717) is 0 Å². The Hall–Kier alpha value is -1.41. The van der Waals surface area contributed by atoms with Crippen molar-refractivity contribution in [3.63, 3.8) is 0 Å². The molecular formula is C9H13N3O. The average Bonchev–Trinajstić information content (AvgIpc) is 2.52. The fraction of sp³-hybridized carbons (Fsp3) is 0.556. The second-order valence-electron chi connectivity index (χ2n) is 3.19. The first-order valence-electron chi connectivity index (χ1n) is 4.27. The maximum Gasteiger partial charge on any atom is 0.235 e. The van der Waals surface area contributed by atoms with E-state index in [4.69, 9.17) is 0 Å². The fourth-order valence-electron chi connectivity index (χ4n) is 1.23. The van der Waals surface area contributed by atoms with Gasteiger partial charge in [0.15, 0.2) is 0 Å². The summed E-state index contributed by atoms with van der Waals surface area (Å²) in [5.41, 5.74) is 0.943. The summed E-state index contributed by atoms with van der Waals surface area (Å²) in [4.78, 5) is 13.7. The molecule has 0 aliphatic rings. The van der Waals surface area contributed by atoms with E-state index in [1.807, 2.05) is 31.5 Å². The van der Waals surface area contributed by atoms with Gasteiger partial charge in [0.05, 0.1) is 5.69 Å². The molecule has 0 spiro atoms. The van der Waals surface area contributed by atoms with E-state index in [9.17, 15) is 4.79 Å². The summed E-state index contributed by atoms with van der Waals surface area (Å²) in [6.45, 7) is 5.92. The first kappa shape index (κ1) is 9.68. The zero-order chi connectivity index (χ0) is 9.84. The molecule has 0 saturated heterocycles. The minimum absolute atomic E-state index is 0.164. The summed E-state index contributed by atoms with van der Waals surface area (Å²) in [5, 5.41) is 4.15. The Balaban J connectivity index is 2.99. The second kappa shape index (κ2) is 4.01. The van der Waals surface area contributed by atoms with Gasteiger partial charge in [-0.15, -0.1) is 0 Å². The van der Waals surface area contributed by atoms with Crippen LogP contribution in [0.3, 0.4) is 0 Å². The molecular weight excluding hydrogens is 166 g/mol. The molecule has 0 aliphatic carbocycles. The van der Waals surface area contributed by atoms with E-state index in [1.54, 1.807) is 12.3 Å². The number of rotatable bonds is 3. The molecule has 13 heavy (non-hydrogen) atoms. The van der Waals surface area contributed by atoms with Gasteiger partial charge in [-0.1, -0.05) is 0 Å². The molecule has 0 N–H and O–H groups in total. The highest BCUT2D eigenvalue weighted by Gasteiger charge is 2.11. The second-order valence-corrected chi connectivity index (χ2v) is 3.19. The largest absolute Gasteiger partial charge is 0.265 e. The predicted molar refractivity (Wildman–Crippen MR) is 49.1 cm³/mol. The van der Waals surface area contributed by atoms with Crippen molar-refractivity contribution in [3.8, 4) is 0 Å². The zero-order valence-electron chi connectivity index (χ0n) is 8.06. The lowest BCUT2D eigenvalue weighted by molar-refractivity contribution is 0.492. The van der Waals surface area contributed by atoms with Crippen LogP contribution in [0.4, 0.5) is 0 Å². The standard InChI is InChI=1S/C9H13N3O/c1-7(2)12-9(4-5-11-12)8(3)10-6-13/h4-5,7-8H,1-3H3. The molecule has 1 aromatic heterocycles. The molecule has 0 amide bonds. The topological polar surface area (TPSA) is 47.2 Å². The van der Waals surface area contributed by atoms with Crippen LogP contribution < -0.4 is 0 Å². The molecule has 1 heterocycles. The molecule has 1 atom stereocenters. The van der Waals surface area contributed by atoms with Crippen molar-refractivity contribution in [1.29, 1.82) is 0 Å². The van der Waals surface area contributed by atoms with Crippen molar-refractivity contribution in [3.05, 3.63) is 18.0 Å². The average molecular weight is 179 g/mol. The number of aliphatic imine (C=N–C) groups is 1. The summed E-state index contributed by atoms with van der Waals surface area (Å²) < 4.78 is 1.85. The van der Waals surface area contributed by atoms with Crippen LogP contribution in [-0.2, 0) is 4.79 Å². The normalized spacial score (nSPS) is 12.6. The Morgan fingerprint density at radius 2 is 2.23 bits per heavy atom. The van der Waals surface area contributed by atoms with Gasteiger partial charge < -0.3 is 0 Å². The molecule has 4 heteroatoms. The van der Waals surface area contributed by atoms with E-state index in [-0.39, 0.29) is 12.1 Å². The SMILES string of the molecule is CC(N=C=O)c1ccnn1C(C)C. The van der Waals surface area contributed by atoms with Crippen LogP contribution in [0.2, 0.25) is 0 Å². The molecule has 0 fully saturated rings. The Morgan fingerprint density at radius 1 is 1.54 bits per heavy atom. The fourth-order valence-corrected chi connectivity index (χ4v) is 1.23. The van der Waals surface area contributed by atoms with Gasteiger partial charge in [0.2, 0.25) is 6.08 Å². The van der Waals surface area contributed by atoms with Crippen molar-refractivity contribution in [1.82, 2.24) is 9.78 Å². The Bertz CT molecular complexity index is 323. The molecule has 1 rings (SSSR count). The summed E-state index contributed by atoms with van der Waals surface area (Å²) in [7, 11) is 0. The van der Waals surface area contributed by atoms with Gasteiger partial charge in [-0.05, 0) is 26.8 Å². The minimum atomic E-state index is -0.164. The van der Waals surface area contributed by atoms with Crippen molar-refractivity contribution < 1.29 is 4.79 Å². The smallest absolute Gasteiger partial charge is 0.235 e. The van der Waals surface area contributed by atoms with E-state index in [2.05, 4.69) is 10.1 Å². The first-order valence-corrected chi connectivity index (χ1v) is 4.27. The van der Waals surface area contributed by atoms with E-state index in [0.717, 1.165) is 5.69 Å². The van der Waals surface area contributed by atoms with E-state index >= 15 is 0 Å². The molecule has 4 nitrogen and oxygen atoms in total. The van der Waals surface area contributed by atoms with Crippen LogP contribution in [0.1, 0.15) is 38.5 Å². The quantitative estimate of drug-likeness (QED) is 0.525. The highest BCUT2D eigenvalue weighted by atomic mass is 16.1. The Labute approximate surface area is 77.3 Å². The van der Waals surface area contributed by atoms with Crippen LogP contribution in [0.5, 0.6) is 0 Å². The van der Waals surface area contributed by atoms with Crippen LogP contribution in [0, 0.1) is 0 Å². The first-order chi connectivity index (χ1) is 6.16. The molecule has 0 aromatic carbocycles. The third-order valence-electron chi connectivity index (χ3n) is 1.86. The summed E-state index contributed by atoms with van der Waals surface area (Å²) in [6.07, 6.45) is 3.27. The van der Waals surface area contributed by atoms with Crippen molar-refractivity contribution >= 4 is 6.08 Å². The van der Waals surface area contributed by atoms with Gasteiger partial charge in [0.1, 0.15) is 6.04 Å². The Kier molecular flexibility index (Phi) is 2.98. The lowest BCUT2D eigenvalue weighted by Gasteiger charge is -2.12. The van der Waals surface area contributed by atoms with Gasteiger partial charge in [-0.2, -0.15) is 10.1 Å². The van der Waals surface area contributed by atoms with Crippen molar-refractivity contribution in [2.45, 2.75) is 32.9 Å². The molecule has 1 unspecified atom stereocenters. The van der Waals surface area contributed by atoms with Gasteiger partial charge in [0.25, 0.3) is 0 Å². The van der Waals surface area contributed by atoms with Crippen LogP contribution in [0.25, 0.3) is 0 Å². The highest BCUT2D eigenvalue weighted by Crippen LogP contribution is 2.18. The number of isocyanates is 1. The summed E-state index contributed by atoms with van der Waals surface area (Å²) >= 11 is 0. The molecule has 0 saturated carbocycles. The molecule has 70 valence electrons. The number of aromatic nitrogens is 2. The van der Waals surface area contributed by atoms with Crippen LogP contribution >= 0.6 is 0 Å².